The SMILES string of the molecule is COC(CN)CC(=O)N1CCC(C)(C(=O)O)C1. The number of methoxy groups -OCH3 is 1. The van der Waals surface area contributed by atoms with Crippen molar-refractivity contribution in [1.29, 1.82) is 0 Å². The summed E-state index contributed by atoms with van der Waals surface area (Å²) in [6, 6.07) is 0. The molecule has 0 aliphatic carbocycles. The van der Waals surface area contributed by atoms with Crippen LogP contribution in [-0.4, -0.2) is 54.7 Å². The molecule has 1 amide bonds. The van der Waals surface area contributed by atoms with Gasteiger partial charge in [-0.15, -0.1) is 0 Å². The third-order valence-corrected chi connectivity index (χ3v) is 3.34. The van der Waals surface area contributed by atoms with Crippen LogP contribution in [-0.2, 0) is 14.3 Å². The van der Waals surface area contributed by atoms with Crippen LogP contribution in [0, 0.1) is 5.41 Å². The van der Waals surface area contributed by atoms with E-state index in [4.69, 9.17) is 15.6 Å². The molecule has 1 saturated heterocycles. The van der Waals surface area contributed by atoms with Crippen molar-refractivity contribution >= 4 is 11.9 Å². The maximum atomic E-state index is 11.9. The third-order valence-electron chi connectivity index (χ3n) is 3.34. The Bertz CT molecular complexity index is 304. The number of carbonyl (C=O) groups is 2. The average molecular weight is 244 g/mol. The minimum Gasteiger partial charge on any atom is -0.481 e. The number of amides is 1. The largest absolute Gasteiger partial charge is 0.481 e. The second kappa shape index (κ2) is 5.46. The summed E-state index contributed by atoms with van der Waals surface area (Å²) < 4.78 is 5.04. The molecule has 2 atom stereocenters. The van der Waals surface area contributed by atoms with E-state index in [9.17, 15) is 9.59 Å². The number of nitrogens with zero attached hydrogens (tertiary/aromatic N) is 1. The van der Waals surface area contributed by atoms with Crippen molar-refractivity contribution in [1.82, 2.24) is 4.90 Å². The van der Waals surface area contributed by atoms with Crippen molar-refractivity contribution in [2.75, 3.05) is 26.7 Å². The second-order valence-electron chi connectivity index (χ2n) is 4.73. The summed E-state index contributed by atoms with van der Waals surface area (Å²) in [4.78, 5) is 24.5. The Hall–Kier alpha value is -1.14. The van der Waals surface area contributed by atoms with Crippen LogP contribution in [0.3, 0.4) is 0 Å². The van der Waals surface area contributed by atoms with Crippen LogP contribution in [0.15, 0.2) is 0 Å². The quantitative estimate of drug-likeness (QED) is 0.691. The molecule has 0 aromatic rings. The number of rotatable bonds is 5. The van der Waals surface area contributed by atoms with Gasteiger partial charge in [0.1, 0.15) is 0 Å². The van der Waals surface area contributed by atoms with E-state index in [1.54, 1.807) is 11.8 Å². The van der Waals surface area contributed by atoms with Gasteiger partial charge >= 0.3 is 5.97 Å². The maximum Gasteiger partial charge on any atom is 0.311 e. The number of carbonyl (C=O) groups excluding carboxylic acids is 1. The van der Waals surface area contributed by atoms with Crippen LogP contribution < -0.4 is 5.73 Å². The molecule has 1 fully saturated rings. The molecule has 1 rings (SSSR count). The Kier molecular flexibility index (Phi) is 4.47. The molecule has 3 N–H and O–H groups in total. The lowest BCUT2D eigenvalue weighted by atomic mass is 9.90. The number of hydrogen-bond acceptors (Lipinski definition) is 4. The van der Waals surface area contributed by atoms with Gasteiger partial charge in [-0.1, -0.05) is 0 Å². The average Bonchev–Trinajstić information content (AvgIpc) is 2.70. The molecule has 0 bridgehead atoms. The van der Waals surface area contributed by atoms with Gasteiger partial charge < -0.3 is 20.5 Å². The first-order valence-electron chi connectivity index (χ1n) is 5.67. The van der Waals surface area contributed by atoms with Gasteiger partial charge in [0.15, 0.2) is 0 Å². The van der Waals surface area contributed by atoms with Gasteiger partial charge in [-0.25, -0.2) is 0 Å². The van der Waals surface area contributed by atoms with Gasteiger partial charge in [0.05, 0.1) is 17.9 Å². The van der Waals surface area contributed by atoms with Gasteiger partial charge in [0, 0.05) is 26.7 Å². The fraction of sp³-hybridized carbons (Fsp3) is 0.818. The monoisotopic (exact) mass is 244 g/mol. The Morgan fingerprint density at radius 1 is 1.59 bits per heavy atom. The Morgan fingerprint density at radius 3 is 2.65 bits per heavy atom. The minimum atomic E-state index is -0.852. The first kappa shape index (κ1) is 13.9. The predicted molar refractivity (Wildman–Crippen MR) is 61.4 cm³/mol. The fourth-order valence-corrected chi connectivity index (χ4v) is 1.94. The molecule has 6 heteroatoms. The van der Waals surface area contributed by atoms with E-state index in [0.717, 1.165) is 0 Å². The number of ether oxygens (including phenoxy) is 1. The Morgan fingerprint density at radius 2 is 2.24 bits per heavy atom. The van der Waals surface area contributed by atoms with Gasteiger partial charge in [-0.3, -0.25) is 9.59 Å². The molecule has 0 aromatic carbocycles. The summed E-state index contributed by atoms with van der Waals surface area (Å²) in [5.74, 6) is -0.942. The van der Waals surface area contributed by atoms with Crippen LogP contribution in [0.1, 0.15) is 19.8 Å². The minimum absolute atomic E-state index is 0.0905. The van der Waals surface area contributed by atoms with Crippen LogP contribution in [0.5, 0.6) is 0 Å². The van der Waals surface area contributed by atoms with Crippen molar-refractivity contribution in [2.45, 2.75) is 25.9 Å². The van der Waals surface area contributed by atoms with Crippen molar-refractivity contribution in [2.24, 2.45) is 11.1 Å². The highest BCUT2D eigenvalue weighted by Gasteiger charge is 2.42. The van der Waals surface area contributed by atoms with E-state index in [1.807, 2.05) is 0 Å². The smallest absolute Gasteiger partial charge is 0.311 e. The third kappa shape index (κ3) is 3.17. The lowest BCUT2D eigenvalue weighted by Crippen LogP contribution is -2.37. The topological polar surface area (TPSA) is 92.9 Å². The summed E-state index contributed by atoms with van der Waals surface area (Å²) in [7, 11) is 1.51. The van der Waals surface area contributed by atoms with Gasteiger partial charge in [0.2, 0.25) is 5.91 Å². The zero-order valence-electron chi connectivity index (χ0n) is 10.3. The molecule has 1 aliphatic heterocycles. The highest BCUT2D eigenvalue weighted by molar-refractivity contribution is 5.80. The van der Waals surface area contributed by atoms with E-state index < -0.39 is 11.4 Å². The van der Waals surface area contributed by atoms with Gasteiger partial charge in [-0.2, -0.15) is 0 Å². The van der Waals surface area contributed by atoms with Crippen molar-refractivity contribution in [3.8, 4) is 0 Å². The van der Waals surface area contributed by atoms with Crippen LogP contribution in [0.4, 0.5) is 0 Å². The molecule has 6 nitrogen and oxygen atoms in total. The van der Waals surface area contributed by atoms with Crippen LogP contribution in [0.25, 0.3) is 0 Å². The standard InChI is InChI=1S/C11H20N2O4/c1-11(10(15)16)3-4-13(7-11)9(14)5-8(6-12)17-2/h8H,3-7,12H2,1-2H3,(H,15,16). The molecule has 1 aliphatic rings. The van der Waals surface area contributed by atoms with Gasteiger partial charge in [0.25, 0.3) is 0 Å². The molecule has 0 spiro atoms. The molecular formula is C11H20N2O4. The molecule has 0 aromatic heterocycles. The molecule has 17 heavy (non-hydrogen) atoms. The Labute approximate surface area is 101 Å². The lowest BCUT2D eigenvalue weighted by molar-refractivity contribution is -0.147. The van der Waals surface area contributed by atoms with Crippen LogP contribution in [0.2, 0.25) is 0 Å². The van der Waals surface area contributed by atoms with E-state index in [0.29, 0.717) is 13.0 Å². The highest BCUT2D eigenvalue weighted by Crippen LogP contribution is 2.30. The normalized spacial score (nSPS) is 25.9. The van der Waals surface area contributed by atoms with E-state index in [2.05, 4.69) is 0 Å². The van der Waals surface area contributed by atoms with Crippen LogP contribution >= 0.6 is 0 Å². The van der Waals surface area contributed by atoms with E-state index >= 15 is 0 Å². The van der Waals surface area contributed by atoms with Crippen molar-refractivity contribution < 1.29 is 19.4 Å². The number of likely N-dealkylation sites (tertiary alicyclic amines) is 1. The van der Waals surface area contributed by atoms with E-state index in [-0.39, 0.29) is 31.5 Å². The maximum absolute atomic E-state index is 11.9. The summed E-state index contributed by atoms with van der Waals surface area (Å²) in [5.41, 5.74) is 4.62. The highest BCUT2D eigenvalue weighted by atomic mass is 16.5. The zero-order valence-corrected chi connectivity index (χ0v) is 10.3. The lowest BCUT2D eigenvalue weighted by Gasteiger charge is -2.22. The molecule has 0 saturated carbocycles. The summed E-state index contributed by atoms with van der Waals surface area (Å²) in [6.07, 6.45) is 0.413. The number of aliphatic carboxylic acids is 1. The number of hydrogen-bond donors (Lipinski definition) is 2. The molecule has 2 unspecified atom stereocenters. The predicted octanol–water partition coefficient (Wildman–Crippen LogP) is -0.327. The first-order chi connectivity index (χ1) is 7.92. The molecule has 1 heterocycles. The number of carboxylic acids is 1. The number of nitrogens with two attached hydrogens (primary N) is 1. The molecule has 0 radical (unpaired) electrons. The second-order valence-corrected chi connectivity index (χ2v) is 4.73. The summed E-state index contributed by atoms with van der Waals surface area (Å²) in [5, 5.41) is 9.06. The van der Waals surface area contributed by atoms with Crippen molar-refractivity contribution in [3.05, 3.63) is 0 Å². The Balaban J connectivity index is 2.54. The zero-order chi connectivity index (χ0) is 13.1. The van der Waals surface area contributed by atoms with E-state index in [1.165, 1.54) is 7.11 Å². The number of carboxylic acid groups (broad SMARTS) is 1. The molecule has 98 valence electrons. The van der Waals surface area contributed by atoms with Crippen molar-refractivity contribution in [3.63, 3.8) is 0 Å². The first-order valence-corrected chi connectivity index (χ1v) is 5.67. The van der Waals surface area contributed by atoms with Gasteiger partial charge in [-0.05, 0) is 13.3 Å². The fourth-order valence-electron chi connectivity index (χ4n) is 1.94. The summed E-state index contributed by atoms with van der Waals surface area (Å²) >= 11 is 0. The summed E-state index contributed by atoms with van der Waals surface area (Å²) in [6.45, 7) is 2.70. The molecular weight excluding hydrogens is 224 g/mol.